The Morgan fingerprint density at radius 1 is 0.791 bits per heavy atom. The fourth-order valence-electron chi connectivity index (χ4n) is 4.51. The number of nitrogens with zero attached hydrogens (tertiary/aromatic N) is 3. The van der Waals surface area contributed by atoms with Crippen LogP contribution in [0.4, 0.5) is 26.7 Å². The van der Waals surface area contributed by atoms with Crippen LogP contribution < -0.4 is 9.80 Å². The van der Waals surface area contributed by atoms with Crippen molar-refractivity contribution in [2.24, 2.45) is 0 Å². The molecule has 0 unspecified atom stereocenters. The molecule has 0 fully saturated rings. The summed E-state index contributed by atoms with van der Waals surface area (Å²) in [5, 5.41) is 0.506. The number of carbonyl (C=O) groups excluding carboxylic acids is 3. The summed E-state index contributed by atoms with van der Waals surface area (Å²) in [6.45, 7) is 12.7. The van der Waals surface area contributed by atoms with Gasteiger partial charge in [-0.05, 0) is 84.7 Å². The summed E-state index contributed by atoms with van der Waals surface area (Å²) < 4.78 is 21.7. The number of imide groups is 1. The molecule has 0 atom stereocenters. The van der Waals surface area contributed by atoms with E-state index in [4.69, 9.17) is 30.5 Å². The SMILES string of the molecule is COCCOCCN1C(=O)c2ccc(Cl)cc2N(CCCCN(C(=O)OC(C)(C)C)C(=O)OC(C)(C)C)c2ccccc21. The molecule has 0 aliphatic carbocycles. The lowest BCUT2D eigenvalue weighted by Gasteiger charge is -2.29. The zero-order valence-corrected chi connectivity index (χ0v) is 27.0. The molecule has 0 bridgehead atoms. The first-order chi connectivity index (χ1) is 20.2. The van der Waals surface area contributed by atoms with Crippen molar-refractivity contribution in [2.45, 2.75) is 65.6 Å². The van der Waals surface area contributed by atoms with E-state index in [-0.39, 0.29) is 12.5 Å². The number of fused-ring (bicyclic) bond motifs is 2. The number of anilines is 3. The molecule has 2 aromatic carbocycles. The van der Waals surface area contributed by atoms with Crippen LogP contribution in [0.1, 0.15) is 64.7 Å². The van der Waals surface area contributed by atoms with Crippen molar-refractivity contribution in [3.05, 3.63) is 53.1 Å². The highest BCUT2D eigenvalue weighted by molar-refractivity contribution is 6.31. The van der Waals surface area contributed by atoms with Gasteiger partial charge in [-0.2, -0.15) is 0 Å². The Labute approximate surface area is 259 Å². The van der Waals surface area contributed by atoms with Crippen LogP contribution in [0.3, 0.4) is 0 Å². The molecule has 43 heavy (non-hydrogen) atoms. The molecule has 0 aromatic heterocycles. The van der Waals surface area contributed by atoms with Crippen molar-refractivity contribution in [3.8, 4) is 0 Å². The van der Waals surface area contributed by atoms with Crippen molar-refractivity contribution >= 4 is 46.8 Å². The Kier molecular flexibility index (Phi) is 11.8. The number of carbonyl (C=O) groups is 3. The third-order valence-corrected chi connectivity index (χ3v) is 6.56. The lowest BCUT2D eigenvalue weighted by molar-refractivity contribution is 0.00121. The topological polar surface area (TPSA) is 97.9 Å². The highest BCUT2D eigenvalue weighted by Gasteiger charge is 2.33. The van der Waals surface area contributed by atoms with Crippen molar-refractivity contribution in [3.63, 3.8) is 0 Å². The van der Waals surface area contributed by atoms with E-state index in [1.54, 1.807) is 71.8 Å². The smallest absolute Gasteiger partial charge is 0.419 e. The summed E-state index contributed by atoms with van der Waals surface area (Å²) in [6, 6.07) is 12.9. The quantitative estimate of drug-likeness (QED) is 0.247. The number of para-hydroxylation sites is 2. The van der Waals surface area contributed by atoms with Gasteiger partial charge < -0.3 is 28.7 Å². The maximum atomic E-state index is 13.8. The molecule has 236 valence electrons. The largest absolute Gasteiger partial charge is 0.443 e. The average molecular weight is 618 g/mol. The normalized spacial score (nSPS) is 13.3. The Balaban J connectivity index is 1.84. The van der Waals surface area contributed by atoms with Gasteiger partial charge in [-0.25, -0.2) is 14.5 Å². The highest BCUT2D eigenvalue weighted by atomic mass is 35.5. The van der Waals surface area contributed by atoms with Crippen molar-refractivity contribution in [1.29, 1.82) is 0 Å². The average Bonchev–Trinajstić information content (AvgIpc) is 2.99. The minimum atomic E-state index is -0.774. The highest BCUT2D eigenvalue weighted by Crippen LogP contribution is 2.41. The van der Waals surface area contributed by atoms with Gasteiger partial charge >= 0.3 is 12.2 Å². The molecular weight excluding hydrogens is 574 g/mol. The van der Waals surface area contributed by atoms with E-state index in [1.807, 2.05) is 24.3 Å². The molecule has 11 heteroatoms. The van der Waals surface area contributed by atoms with E-state index < -0.39 is 23.4 Å². The van der Waals surface area contributed by atoms with Crippen LogP contribution in [0.5, 0.6) is 0 Å². The number of halogens is 1. The summed E-state index contributed by atoms with van der Waals surface area (Å²) >= 11 is 6.42. The van der Waals surface area contributed by atoms with Crippen LogP contribution in [-0.2, 0) is 18.9 Å². The van der Waals surface area contributed by atoms with Crippen LogP contribution in [0, 0.1) is 0 Å². The second kappa shape index (κ2) is 14.9. The second-order valence-electron chi connectivity index (χ2n) is 12.2. The molecule has 1 aliphatic heterocycles. The molecule has 1 aliphatic rings. The molecule has 0 radical (unpaired) electrons. The lowest BCUT2D eigenvalue weighted by Crippen LogP contribution is -2.44. The molecule has 10 nitrogen and oxygen atoms in total. The molecule has 2 aromatic rings. The zero-order valence-electron chi connectivity index (χ0n) is 26.3. The number of rotatable bonds is 11. The minimum absolute atomic E-state index is 0.103. The van der Waals surface area contributed by atoms with Gasteiger partial charge in [-0.1, -0.05) is 23.7 Å². The third kappa shape index (κ3) is 9.84. The molecule has 3 amide bonds. The number of methoxy groups -OCH3 is 1. The van der Waals surface area contributed by atoms with E-state index in [1.165, 1.54) is 0 Å². The van der Waals surface area contributed by atoms with Gasteiger partial charge in [-0.3, -0.25) is 4.79 Å². The Morgan fingerprint density at radius 2 is 1.40 bits per heavy atom. The van der Waals surface area contributed by atoms with Gasteiger partial charge in [0.05, 0.1) is 42.4 Å². The molecule has 0 spiro atoms. The fraction of sp³-hybridized carbons (Fsp3) is 0.531. The van der Waals surface area contributed by atoms with Crippen molar-refractivity contribution in [2.75, 3.05) is 56.4 Å². The first-order valence-corrected chi connectivity index (χ1v) is 14.9. The van der Waals surface area contributed by atoms with Crippen LogP contribution in [0.25, 0.3) is 0 Å². The standard InChI is InChI=1S/C32H44ClN3O7/c1-31(2,3)42-29(38)36(30(39)43-32(4,5)6)17-11-10-16-34-25-12-8-9-13-26(25)35(18-19-41-21-20-40-7)28(37)24-15-14-23(33)22-27(24)34/h8-9,12-15,22H,10-11,16-21H2,1-7H3. The molecule has 3 rings (SSSR count). The number of unbranched alkanes of at least 4 members (excludes halogenated alkanes) is 1. The predicted molar refractivity (Wildman–Crippen MR) is 168 cm³/mol. The molecule has 1 heterocycles. The van der Waals surface area contributed by atoms with E-state index in [2.05, 4.69) is 4.90 Å². The Bertz CT molecular complexity index is 1240. The van der Waals surface area contributed by atoms with Crippen LogP contribution in [-0.4, -0.2) is 80.8 Å². The summed E-state index contributed by atoms with van der Waals surface area (Å²) in [5.74, 6) is -0.155. The number of benzene rings is 2. The van der Waals surface area contributed by atoms with Crippen LogP contribution in [0.2, 0.25) is 5.02 Å². The summed E-state index contributed by atoms with van der Waals surface area (Å²) in [5.41, 5.74) is 1.24. The number of hydrogen-bond donors (Lipinski definition) is 0. The first kappa shape index (κ1) is 34.2. The summed E-state index contributed by atoms with van der Waals surface area (Å²) in [7, 11) is 1.61. The van der Waals surface area contributed by atoms with Gasteiger partial charge in [0, 0.05) is 31.8 Å². The molecule has 0 saturated carbocycles. The molecular formula is C32H44ClN3O7. The maximum absolute atomic E-state index is 13.8. The van der Waals surface area contributed by atoms with Crippen LogP contribution >= 0.6 is 11.6 Å². The second-order valence-corrected chi connectivity index (χ2v) is 12.6. The van der Waals surface area contributed by atoms with Gasteiger partial charge in [0.1, 0.15) is 11.2 Å². The lowest BCUT2D eigenvalue weighted by atomic mass is 10.1. The number of amides is 3. The summed E-state index contributed by atoms with van der Waals surface area (Å²) in [6.07, 6.45) is -0.463. The Morgan fingerprint density at radius 3 is 1.98 bits per heavy atom. The number of hydrogen-bond acceptors (Lipinski definition) is 8. The van der Waals surface area contributed by atoms with Crippen molar-refractivity contribution in [1.82, 2.24) is 4.90 Å². The van der Waals surface area contributed by atoms with Crippen molar-refractivity contribution < 1.29 is 33.3 Å². The summed E-state index contributed by atoms with van der Waals surface area (Å²) in [4.78, 5) is 44.5. The third-order valence-electron chi connectivity index (χ3n) is 6.32. The molecule has 0 N–H and O–H groups in total. The van der Waals surface area contributed by atoms with Gasteiger partial charge in [0.2, 0.25) is 0 Å². The monoisotopic (exact) mass is 617 g/mol. The minimum Gasteiger partial charge on any atom is -0.443 e. The Hall–Kier alpha value is -3.34. The molecule has 0 saturated heterocycles. The first-order valence-electron chi connectivity index (χ1n) is 14.5. The fourth-order valence-corrected chi connectivity index (χ4v) is 4.67. The van der Waals surface area contributed by atoms with Gasteiger partial charge in [0.25, 0.3) is 5.91 Å². The number of ether oxygens (including phenoxy) is 4. The zero-order chi connectivity index (χ0) is 31.8. The van der Waals surface area contributed by atoms with E-state index in [9.17, 15) is 14.4 Å². The van der Waals surface area contributed by atoms with Gasteiger partial charge in [-0.15, -0.1) is 0 Å². The maximum Gasteiger partial charge on any atom is 0.419 e. The van der Waals surface area contributed by atoms with E-state index in [0.717, 1.165) is 16.3 Å². The van der Waals surface area contributed by atoms with Crippen LogP contribution in [0.15, 0.2) is 42.5 Å². The predicted octanol–water partition coefficient (Wildman–Crippen LogP) is 7.05. The van der Waals surface area contributed by atoms with Gasteiger partial charge in [0.15, 0.2) is 0 Å². The van der Waals surface area contributed by atoms with E-state index >= 15 is 0 Å². The van der Waals surface area contributed by atoms with E-state index in [0.29, 0.717) is 62.0 Å².